The summed E-state index contributed by atoms with van der Waals surface area (Å²) in [6.45, 7) is 3.83. The SMILES string of the molecule is Cc1cc(C(=O)NN)c2cccc(C)c2n1. The van der Waals surface area contributed by atoms with Crippen molar-refractivity contribution in [2.45, 2.75) is 13.8 Å². The van der Waals surface area contributed by atoms with Crippen LogP contribution in [0.2, 0.25) is 0 Å². The normalized spacial score (nSPS) is 10.4. The number of pyridine rings is 1. The predicted molar refractivity (Wildman–Crippen MR) is 62.9 cm³/mol. The van der Waals surface area contributed by atoms with Crippen LogP contribution in [-0.2, 0) is 0 Å². The highest BCUT2D eigenvalue weighted by Crippen LogP contribution is 2.21. The quantitative estimate of drug-likeness (QED) is 0.430. The second kappa shape index (κ2) is 3.90. The Labute approximate surface area is 93.4 Å². The first-order chi connectivity index (χ1) is 7.63. The van der Waals surface area contributed by atoms with Gasteiger partial charge in [0.25, 0.3) is 5.91 Å². The van der Waals surface area contributed by atoms with Gasteiger partial charge in [-0.05, 0) is 25.5 Å². The van der Waals surface area contributed by atoms with Gasteiger partial charge in [-0.25, -0.2) is 5.84 Å². The number of carbonyl (C=O) groups is 1. The molecule has 2 aromatic rings. The van der Waals surface area contributed by atoms with Gasteiger partial charge in [0.2, 0.25) is 0 Å². The third kappa shape index (κ3) is 1.63. The Morgan fingerprint density at radius 2 is 2.12 bits per heavy atom. The Morgan fingerprint density at radius 1 is 1.38 bits per heavy atom. The molecule has 0 spiro atoms. The van der Waals surface area contributed by atoms with E-state index in [1.807, 2.05) is 32.0 Å². The van der Waals surface area contributed by atoms with Crippen LogP contribution in [0.1, 0.15) is 21.6 Å². The predicted octanol–water partition coefficient (Wildman–Crippen LogP) is 1.46. The monoisotopic (exact) mass is 215 g/mol. The van der Waals surface area contributed by atoms with Gasteiger partial charge >= 0.3 is 0 Å². The van der Waals surface area contributed by atoms with Crippen LogP contribution in [0.3, 0.4) is 0 Å². The fraction of sp³-hybridized carbons (Fsp3) is 0.167. The summed E-state index contributed by atoms with van der Waals surface area (Å²) < 4.78 is 0. The van der Waals surface area contributed by atoms with E-state index in [1.165, 1.54) is 0 Å². The van der Waals surface area contributed by atoms with E-state index in [0.717, 1.165) is 22.2 Å². The molecule has 0 fully saturated rings. The smallest absolute Gasteiger partial charge is 0.265 e. The zero-order valence-electron chi connectivity index (χ0n) is 9.24. The molecule has 1 heterocycles. The van der Waals surface area contributed by atoms with Gasteiger partial charge in [0.05, 0.1) is 11.1 Å². The molecule has 16 heavy (non-hydrogen) atoms. The maximum Gasteiger partial charge on any atom is 0.265 e. The first-order valence-corrected chi connectivity index (χ1v) is 5.01. The zero-order valence-corrected chi connectivity index (χ0v) is 9.24. The van der Waals surface area contributed by atoms with Crippen molar-refractivity contribution in [3.05, 3.63) is 41.1 Å². The van der Waals surface area contributed by atoms with Crippen molar-refractivity contribution in [2.24, 2.45) is 5.84 Å². The number of nitrogens with zero attached hydrogens (tertiary/aromatic N) is 1. The summed E-state index contributed by atoms with van der Waals surface area (Å²) in [5, 5.41) is 0.827. The summed E-state index contributed by atoms with van der Waals surface area (Å²) >= 11 is 0. The molecule has 0 bridgehead atoms. The lowest BCUT2D eigenvalue weighted by Gasteiger charge is -2.08. The minimum Gasteiger partial charge on any atom is -0.290 e. The third-order valence-corrected chi connectivity index (χ3v) is 2.55. The first kappa shape index (κ1) is 10.6. The van der Waals surface area contributed by atoms with E-state index >= 15 is 0 Å². The Hall–Kier alpha value is -1.94. The van der Waals surface area contributed by atoms with Crippen molar-refractivity contribution in [3.63, 3.8) is 0 Å². The van der Waals surface area contributed by atoms with Gasteiger partial charge in [-0.15, -0.1) is 0 Å². The van der Waals surface area contributed by atoms with Gasteiger partial charge in [0.1, 0.15) is 0 Å². The van der Waals surface area contributed by atoms with E-state index < -0.39 is 0 Å². The Morgan fingerprint density at radius 3 is 2.81 bits per heavy atom. The van der Waals surface area contributed by atoms with Gasteiger partial charge < -0.3 is 0 Å². The van der Waals surface area contributed by atoms with Crippen molar-refractivity contribution in [1.82, 2.24) is 10.4 Å². The molecule has 2 rings (SSSR count). The van der Waals surface area contributed by atoms with Crippen LogP contribution >= 0.6 is 0 Å². The number of para-hydroxylation sites is 1. The largest absolute Gasteiger partial charge is 0.290 e. The molecule has 0 radical (unpaired) electrons. The summed E-state index contributed by atoms with van der Waals surface area (Å²) in [4.78, 5) is 16.1. The minimum atomic E-state index is -0.291. The lowest BCUT2D eigenvalue weighted by Crippen LogP contribution is -2.30. The molecule has 82 valence electrons. The van der Waals surface area contributed by atoms with E-state index in [4.69, 9.17) is 5.84 Å². The average Bonchev–Trinajstić information content (AvgIpc) is 2.28. The molecule has 4 nitrogen and oxygen atoms in total. The molecule has 1 amide bonds. The lowest BCUT2D eigenvalue weighted by atomic mass is 10.0. The average molecular weight is 215 g/mol. The molecule has 1 aromatic heterocycles. The number of nitrogen functional groups attached to an aromatic ring is 1. The number of nitrogens with one attached hydrogen (secondary N) is 1. The molecule has 0 aliphatic rings. The van der Waals surface area contributed by atoms with E-state index in [9.17, 15) is 4.79 Å². The Balaban J connectivity index is 2.83. The van der Waals surface area contributed by atoms with Crippen LogP contribution in [0.15, 0.2) is 24.3 Å². The highest BCUT2D eigenvalue weighted by molar-refractivity contribution is 6.06. The number of aryl methyl sites for hydroxylation is 2. The number of carbonyl (C=O) groups excluding carboxylic acids is 1. The van der Waals surface area contributed by atoms with Crippen molar-refractivity contribution in [2.75, 3.05) is 0 Å². The third-order valence-electron chi connectivity index (χ3n) is 2.55. The number of hydrazine groups is 1. The van der Waals surface area contributed by atoms with E-state index in [-0.39, 0.29) is 5.91 Å². The molecule has 4 heteroatoms. The molecule has 1 aromatic carbocycles. The van der Waals surface area contributed by atoms with E-state index in [1.54, 1.807) is 6.07 Å². The van der Waals surface area contributed by atoms with Crippen LogP contribution in [0.4, 0.5) is 0 Å². The molecule has 0 saturated heterocycles. The van der Waals surface area contributed by atoms with E-state index in [0.29, 0.717) is 5.56 Å². The van der Waals surface area contributed by atoms with Crippen molar-refractivity contribution in [3.8, 4) is 0 Å². The molecule has 0 atom stereocenters. The molecule has 3 N–H and O–H groups in total. The van der Waals surface area contributed by atoms with Gasteiger partial charge in [-0.3, -0.25) is 15.2 Å². The molecule has 0 aliphatic heterocycles. The van der Waals surface area contributed by atoms with Crippen molar-refractivity contribution < 1.29 is 4.79 Å². The van der Waals surface area contributed by atoms with Crippen molar-refractivity contribution >= 4 is 16.8 Å². The van der Waals surface area contributed by atoms with Crippen LogP contribution in [0.5, 0.6) is 0 Å². The number of hydrogen-bond acceptors (Lipinski definition) is 3. The van der Waals surface area contributed by atoms with Gasteiger partial charge in [0, 0.05) is 11.1 Å². The molecule has 0 aliphatic carbocycles. The van der Waals surface area contributed by atoms with Gasteiger partial charge in [0.15, 0.2) is 0 Å². The highest BCUT2D eigenvalue weighted by atomic mass is 16.2. The summed E-state index contributed by atoms with van der Waals surface area (Å²) in [6, 6.07) is 7.49. The van der Waals surface area contributed by atoms with Gasteiger partial charge in [-0.1, -0.05) is 18.2 Å². The van der Waals surface area contributed by atoms with Crippen LogP contribution in [0.25, 0.3) is 10.9 Å². The minimum absolute atomic E-state index is 0.291. The Kier molecular flexibility index (Phi) is 2.58. The number of amides is 1. The first-order valence-electron chi connectivity index (χ1n) is 5.01. The van der Waals surface area contributed by atoms with Crippen molar-refractivity contribution in [1.29, 1.82) is 0 Å². The topological polar surface area (TPSA) is 68.0 Å². The maximum absolute atomic E-state index is 11.6. The second-order valence-electron chi connectivity index (χ2n) is 3.76. The van der Waals surface area contributed by atoms with Crippen LogP contribution in [0, 0.1) is 13.8 Å². The zero-order chi connectivity index (χ0) is 11.7. The second-order valence-corrected chi connectivity index (χ2v) is 3.76. The number of rotatable bonds is 1. The number of hydrogen-bond donors (Lipinski definition) is 2. The van der Waals surface area contributed by atoms with Gasteiger partial charge in [-0.2, -0.15) is 0 Å². The molecule has 0 saturated carbocycles. The number of fused-ring (bicyclic) bond motifs is 1. The highest BCUT2D eigenvalue weighted by Gasteiger charge is 2.11. The summed E-state index contributed by atoms with van der Waals surface area (Å²) in [5.41, 5.74) is 5.42. The van der Waals surface area contributed by atoms with Crippen LogP contribution in [-0.4, -0.2) is 10.9 Å². The van der Waals surface area contributed by atoms with Crippen LogP contribution < -0.4 is 11.3 Å². The fourth-order valence-corrected chi connectivity index (χ4v) is 1.79. The Bertz CT molecular complexity index is 563. The summed E-state index contributed by atoms with van der Waals surface area (Å²) in [5.74, 6) is 4.87. The standard InChI is InChI=1S/C12H13N3O/c1-7-4-3-5-9-10(12(16)15-13)6-8(2)14-11(7)9/h3-6H,13H2,1-2H3,(H,15,16). The van der Waals surface area contributed by atoms with E-state index in [2.05, 4.69) is 10.4 Å². The number of nitrogens with two attached hydrogens (primary N) is 1. The maximum atomic E-state index is 11.6. The summed E-state index contributed by atoms with van der Waals surface area (Å²) in [7, 11) is 0. The number of benzene rings is 1. The lowest BCUT2D eigenvalue weighted by molar-refractivity contribution is 0.0955. The molecule has 0 unspecified atom stereocenters. The summed E-state index contributed by atoms with van der Waals surface area (Å²) in [6.07, 6.45) is 0. The number of aromatic nitrogens is 1. The fourth-order valence-electron chi connectivity index (χ4n) is 1.79. The molecular formula is C12H13N3O. The molecular weight excluding hydrogens is 202 g/mol.